The average molecular weight is 357 g/mol. The van der Waals surface area contributed by atoms with E-state index >= 15 is 0 Å². The van der Waals surface area contributed by atoms with Crippen LogP contribution in [0.5, 0.6) is 5.75 Å². The maximum atomic E-state index is 12.3. The number of carbonyl (C=O) groups is 1. The molecule has 0 spiro atoms. The minimum absolute atomic E-state index is 0.191. The SMILES string of the molecule is O=C(CSc1ccccn1)N1CCN(CCOc2ccccc2)CC1. The van der Waals surface area contributed by atoms with E-state index in [0.717, 1.165) is 43.5 Å². The van der Waals surface area contributed by atoms with E-state index in [-0.39, 0.29) is 5.91 Å². The molecule has 2 heterocycles. The fourth-order valence-electron chi connectivity index (χ4n) is 2.69. The first kappa shape index (κ1) is 17.8. The number of para-hydroxylation sites is 1. The lowest BCUT2D eigenvalue weighted by atomic mass is 10.3. The molecule has 5 nitrogen and oxygen atoms in total. The van der Waals surface area contributed by atoms with Crippen LogP contribution in [0.15, 0.2) is 59.8 Å². The smallest absolute Gasteiger partial charge is 0.233 e. The summed E-state index contributed by atoms with van der Waals surface area (Å²) in [6.45, 7) is 4.93. The van der Waals surface area contributed by atoms with Crippen molar-refractivity contribution in [2.45, 2.75) is 5.03 Å². The van der Waals surface area contributed by atoms with Crippen LogP contribution in [0, 0.1) is 0 Å². The third-order valence-corrected chi connectivity index (χ3v) is 5.05. The van der Waals surface area contributed by atoms with E-state index in [1.165, 1.54) is 11.8 Å². The number of amides is 1. The molecular weight excluding hydrogens is 334 g/mol. The van der Waals surface area contributed by atoms with Crippen molar-refractivity contribution < 1.29 is 9.53 Å². The van der Waals surface area contributed by atoms with Gasteiger partial charge in [0.1, 0.15) is 12.4 Å². The summed E-state index contributed by atoms with van der Waals surface area (Å²) in [5.41, 5.74) is 0. The summed E-state index contributed by atoms with van der Waals surface area (Å²) < 4.78 is 5.74. The lowest BCUT2D eigenvalue weighted by Gasteiger charge is -2.34. The predicted molar refractivity (Wildman–Crippen MR) is 99.9 cm³/mol. The van der Waals surface area contributed by atoms with Gasteiger partial charge in [-0.15, -0.1) is 0 Å². The molecule has 1 fully saturated rings. The third kappa shape index (κ3) is 5.76. The number of pyridine rings is 1. The first-order valence-corrected chi connectivity index (χ1v) is 9.51. The molecule has 0 N–H and O–H groups in total. The number of piperazine rings is 1. The molecule has 132 valence electrons. The molecule has 1 aromatic heterocycles. The second-order valence-corrected chi connectivity index (χ2v) is 6.84. The van der Waals surface area contributed by atoms with Gasteiger partial charge in [-0.2, -0.15) is 0 Å². The molecule has 1 amide bonds. The Bertz CT molecular complexity index is 646. The van der Waals surface area contributed by atoms with Crippen molar-refractivity contribution in [3.8, 4) is 5.75 Å². The van der Waals surface area contributed by atoms with E-state index in [1.807, 2.05) is 53.4 Å². The van der Waals surface area contributed by atoms with Gasteiger partial charge in [-0.05, 0) is 24.3 Å². The van der Waals surface area contributed by atoms with E-state index in [9.17, 15) is 4.79 Å². The highest BCUT2D eigenvalue weighted by atomic mass is 32.2. The van der Waals surface area contributed by atoms with Crippen LogP contribution in [-0.4, -0.2) is 65.8 Å². The van der Waals surface area contributed by atoms with Crippen molar-refractivity contribution in [2.75, 3.05) is 45.1 Å². The van der Waals surface area contributed by atoms with Crippen LogP contribution in [-0.2, 0) is 4.79 Å². The number of ether oxygens (including phenoxy) is 1. The highest BCUT2D eigenvalue weighted by molar-refractivity contribution is 7.99. The van der Waals surface area contributed by atoms with Gasteiger partial charge in [-0.1, -0.05) is 36.0 Å². The zero-order chi connectivity index (χ0) is 17.3. The van der Waals surface area contributed by atoms with Crippen molar-refractivity contribution in [2.24, 2.45) is 0 Å². The van der Waals surface area contributed by atoms with Crippen LogP contribution in [0.2, 0.25) is 0 Å². The van der Waals surface area contributed by atoms with Crippen molar-refractivity contribution in [3.63, 3.8) is 0 Å². The minimum atomic E-state index is 0.191. The molecule has 3 rings (SSSR count). The summed E-state index contributed by atoms with van der Waals surface area (Å²) in [7, 11) is 0. The number of aromatic nitrogens is 1. The molecular formula is C19H23N3O2S. The molecule has 2 aromatic rings. The topological polar surface area (TPSA) is 45.7 Å². The van der Waals surface area contributed by atoms with Gasteiger partial charge in [0.15, 0.2) is 0 Å². The van der Waals surface area contributed by atoms with Gasteiger partial charge in [-0.25, -0.2) is 4.98 Å². The summed E-state index contributed by atoms with van der Waals surface area (Å²) in [5, 5.41) is 0.896. The van der Waals surface area contributed by atoms with E-state index in [1.54, 1.807) is 6.20 Å². The van der Waals surface area contributed by atoms with Crippen molar-refractivity contribution in [3.05, 3.63) is 54.7 Å². The Kier molecular flexibility index (Phi) is 6.71. The first-order chi connectivity index (χ1) is 12.3. The second kappa shape index (κ2) is 9.44. The van der Waals surface area contributed by atoms with Gasteiger partial charge in [0.2, 0.25) is 5.91 Å². The van der Waals surface area contributed by atoms with Crippen LogP contribution >= 0.6 is 11.8 Å². The van der Waals surface area contributed by atoms with Gasteiger partial charge in [0.25, 0.3) is 0 Å². The Morgan fingerprint density at radius 3 is 2.52 bits per heavy atom. The minimum Gasteiger partial charge on any atom is -0.492 e. The number of carbonyl (C=O) groups excluding carboxylic acids is 1. The Labute approximate surface area is 153 Å². The quantitative estimate of drug-likeness (QED) is 0.712. The number of benzene rings is 1. The fraction of sp³-hybridized carbons (Fsp3) is 0.368. The number of rotatable bonds is 7. The van der Waals surface area contributed by atoms with E-state index < -0.39 is 0 Å². The zero-order valence-electron chi connectivity index (χ0n) is 14.2. The number of thioether (sulfide) groups is 1. The van der Waals surface area contributed by atoms with Gasteiger partial charge < -0.3 is 9.64 Å². The predicted octanol–water partition coefficient (Wildman–Crippen LogP) is 2.40. The Morgan fingerprint density at radius 2 is 1.80 bits per heavy atom. The van der Waals surface area contributed by atoms with Gasteiger partial charge in [0, 0.05) is 38.9 Å². The summed E-state index contributed by atoms with van der Waals surface area (Å²) >= 11 is 1.50. The summed E-state index contributed by atoms with van der Waals surface area (Å²) in [6, 6.07) is 15.6. The lowest BCUT2D eigenvalue weighted by Crippen LogP contribution is -2.50. The Morgan fingerprint density at radius 1 is 1.04 bits per heavy atom. The van der Waals surface area contributed by atoms with Gasteiger partial charge in [-0.3, -0.25) is 9.69 Å². The van der Waals surface area contributed by atoms with Gasteiger partial charge >= 0.3 is 0 Å². The maximum absolute atomic E-state index is 12.3. The van der Waals surface area contributed by atoms with Crippen LogP contribution in [0.25, 0.3) is 0 Å². The molecule has 1 aliphatic heterocycles. The number of hydrogen-bond acceptors (Lipinski definition) is 5. The molecule has 0 bridgehead atoms. The lowest BCUT2D eigenvalue weighted by molar-refractivity contribution is -0.130. The second-order valence-electron chi connectivity index (χ2n) is 5.84. The molecule has 0 radical (unpaired) electrons. The van der Waals surface area contributed by atoms with Crippen molar-refractivity contribution in [1.82, 2.24) is 14.8 Å². The molecule has 1 saturated heterocycles. The maximum Gasteiger partial charge on any atom is 0.233 e. The molecule has 0 unspecified atom stereocenters. The summed E-state index contributed by atoms with van der Waals surface area (Å²) in [4.78, 5) is 20.8. The van der Waals surface area contributed by atoms with Crippen LogP contribution < -0.4 is 4.74 Å². The van der Waals surface area contributed by atoms with Crippen LogP contribution in [0.1, 0.15) is 0 Å². The number of nitrogens with zero attached hydrogens (tertiary/aromatic N) is 3. The first-order valence-electron chi connectivity index (χ1n) is 8.53. The largest absolute Gasteiger partial charge is 0.492 e. The molecule has 1 aliphatic rings. The molecule has 0 atom stereocenters. The monoisotopic (exact) mass is 357 g/mol. The average Bonchev–Trinajstić information content (AvgIpc) is 2.68. The number of hydrogen-bond donors (Lipinski definition) is 0. The van der Waals surface area contributed by atoms with Crippen molar-refractivity contribution in [1.29, 1.82) is 0 Å². The third-order valence-electron chi connectivity index (χ3n) is 4.13. The zero-order valence-corrected chi connectivity index (χ0v) is 15.0. The molecule has 0 aliphatic carbocycles. The molecule has 1 aromatic carbocycles. The molecule has 25 heavy (non-hydrogen) atoms. The molecule has 0 saturated carbocycles. The standard InChI is InChI=1S/C19H23N3O2S/c23-19(16-25-18-8-4-5-9-20-18)22-12-10-21(11-13-22)14-15-24-17-6-2-1-3-7-17/h1-9H,10-16H2. The summed E-state index contributed by atoms with van der Waals surface area (Å²) in [5.74, 6) is 1.55. The fourth-order valence-corrected chi connectivity index (χ4v) is 3.45. The summed E-state index contributed by atoms with van der Waals surface area (Å²) in [6.07, 6.45) is 1.75. The Hall–Kier alpha value is -2.05. The molecule has 6 heteroatoms. The highest BCUT2D eigenvalue weighted by Gasteiger charge is 2.20. The van der Waals surface area contributed by atoms with Crippen LogP contribution in [0.3, 0.4) is 0 Å². The van der Waals surface area contributed by atoms with Crippen LogP contribution in [0.4, 0.5) is 0 Å². The van der Waals surface area contributed by atoms with Crippen molar-refractivity contribution >= 4 is 17.7 Å². The normalized spacial score (nSPS) is 15.1. The van der Waals surface area contributed by atoms with E-state index in [2.05, 4.69) is 9.88 Å². The van der Waals surface area contributed by atoms with Gasteiger partial charge in [0.05, 0.1) is 10.8 Å². The van der Waals surface area contributed by atoms with E-state index in [4.69, 9.17) is 4.74 Å². The van der Waals surface area contributed by atoms with E-state index in [0.29, 0.717) is 12.4 Å². The Balaban J connectivity index is 1.33. The highest BCUT2D eigenvalue weighted by Crippen LogP contribution is 2.15.